The van der Waals surface area contributed by atoms with Crippen LogP contribution in [0.15, 0.2) is 18.2 Å². The van der Waals surface area contributed by atoms with Crippen molar-refractivity contribution in [3.8, 4) is 5.75 Å². The standard InChI is InChI=1S/C11H17ClN2O2/c1-14-11(10(13)6-15)8-4-3-7(16-2)5-9(8)12/h3-5,10-11,14-15H,6,13H2,1-2H3. The van der Waals surface area contributed by atoms with Crippen molar-refractivity contribution in [2.75, 3.05) is 20.8 Å². The second kappa shape index (κ2) is 6.06. The molecular weight excluding hydrogens is 228 g/mol. The van der Waals surface area contributed by atoms with Gasteiger partial charge in [-0.15, -0.1) is 0 Å². The van der Waals surface area contributed by atoms with E-state index in [0.717, 1.165) is 5.56 Å². The summed E-state index contributed by atoms with van der Waals surface area (Å²) in [6.45, 7) is -0.103. The van der Waals surface area contributed by atoms with Gasteiger partial charge in [-0.05, 0) is 24.7 Å². The van der Waals surface area contributed by atoms with Gasteiger partial charge in [0.1, 0.15) is 5.75 Å². The highest BCUT2D eigenvalue weighted by atomic mass is 35.5. The third-order valence-electron chi connectivity index (χ3n) is 2.49. The number of aliphatic hydroxyl groups is 1. The molecule has 5 heteroatoms. The number of ether oxygens (including phenoxy) is 1. The van der Waals surface area contributed by atoms with E-state index in [1.807, 2.05) is 12.1 Å². The molecule has 0 aliphatic rings. The van der Waals surface area contributed by atoms with Crippen LogP contribution in [0, 0.1) is 0 Å². The topological polar surface area (TPSA) is 67.5 Å². The van der Waals surface area contributed by atoms with E-state index >= 15 is 0 Å². The molecule has 0 bridgehead atoms. The molecule has 4 N–H and O–H groups in total. The van der Waals surface area contributed by atoms with Gasteiger partial charge >= 0.3 is 0 Å². The Labute approximate surface area is 100 Å². The summed E-state index contributed by atoms with van der Waals surface area (Å²) in [5.41, 5.74) is 6.65. The van der Waals surface area contributed by atoms with Gasteiger partial charge in [-0.25, -0.2) is 0 Å². The molecule has 0 aliphatic heterocycles. The molecule has 2 atom stereocenters. The molecule has 0 saturated heterocycles. The monoisotopic (exact) mass is 244 g/mol. The predicted octanol–water partition coefficient (Wildman–Crippen LogP) is 0.929. The second-order valence-corrected chi connectivity index (χ2v) is 3.91. The molecule has 0 spiro atoms. The molecule has 1 aromatic rings. The van der Waals surface area contributed by atoms with Gasteiger partial charge in [-0.3, -0.25) is 0 Å². The molecule has 2 unspecified atom stereocenters. The van der Waals surface area contributed by atoms with E-state index < -0.39 is 6.04 Å². The fourth-order valence-corrected chi connectivity index (χ4v) is 1.88. The molecule has 1 aromatic carbocycles. The number of hydrogen-bond acceptors (Lipinski definition) is 4. The maximum atomic E-state index is 9.06. The highest BCUT2D eigenvalue weighted by molar-refractivity contribution is 6.31. The van der Waals surface area contributed by atoms with Crippen LogP contribution < -0.4 is 15.8 Å². The van der Waals surface area contributed by atoms with E-state index in [1.165, 1.54) is 0 Å². The van der Waals surface area contributed by atoms with Gasteiger partial charge in [0.25, 0.3) is 0 Å². The number of halogens is 1. The van der Waals surface area contributed by atoms with Gasteiger partial charge in [-0.2, -0.15) is 0 Å². The lowest BCUT2D eigenvalue weighted by molar-refractivity contribution is 0.240. The molecule has 0 heterocycles. The van der Waals surface area contributed by atoms with Crippen molar-refractivity contribution in [3.05, 3.63) is 28.8 Å². The lowest BCUT2D eigenvalue weighted by atomic mass is 10.0. The van der Waals surface area contributed by atoms with Gasteiger partial charge in [0.15, 0.2) is 0 Å². The molecule has 0 aromatic heterocycles. The summed E-state index contributed by atoms with van der Waals surface area (Å²) < 4.78 is 5.06. The Kier molecular flexibility index (Phi) is 5.02. The van der Waals surface area contributed by atoms with Crippen molar-refractivity contribution >= 4 is 11.6 Å². The van der Waals surface area contributed by atoms with E-state index in [1.54, 1.807) is 20.2 Å². The van der Waals surface area contributed by atoms with Crippen molar-refractivity contribution in [2.24, 2.45) is 5.73 Å². The van der Waals surface area contributed by atoms with Crippen molar-refractivity contribution in [1.82, 2.24) is 5.32 Å². The molecule has 0 amide bonds. The lowest BCUT2D eigenvalue weighted by Crippen LogP contribution is -2.39. The second-order valence-electron chi connectivity index (χ2n) is 3.50. The Morgan fingerprint density at radius 1 is 1.56 bits per heavy atom. The molecule has 0 fully saturated rings. The Hall–Kier alpha value is -0.810. The van der Waals surface area contributed by atoms with Crippen LogP contribution in [0.4, 0.5) is 0 Å². The Morgan fingerprint density at radius 3 is 2.69 bits per heavy atom. The average Bonchev–Trinajstić information content (AvgIpc) is 2.31. The molecule has 4 nitrogen and oxygen atoms in total. The SMILES string of the molecule is CNC(c1ccc(OC)cc1Cl)C(N)CO. The smallest absolute Gasteiger partial charge is 0.120 e. The lowest BCUT2D eigenvalue weighted by Gasteiger charge is -2.23. The summed E-state index contributed by atoms with van der Waals surface area (Å²) >= 11 is 6.13. The van der Waals surface area contributed by atoms with Crippen LogP contribution in [0.1, 0.15) is 11.6 Å². The average molecular weight is 245 g/mol. The van der Waals surface area contributed by atoms with Crippen molar-refractivity contribution in [2.45, 2.75) is 12.1 Å². The number of likely N-dealkylation sites (N-methyl/N-ethyl adjacent to an activating group) is 1. The highest BCUT2D eigenvalue weighted by Crippen LogP contribution is 2.28. The third kappa shape index (κ3) is 2.86. The van der Waals surface area contributed by atoms with Gasteiger partial charge in [0.05, 0.1) is 19.8 Å². The zero-order valence-electron chi connectivity index (χ0n) is 9.40. The highest BCUT2D eigenvalue weighted by Gasteiger charge is 2.19. The Bertz CT molecular complexity index is 347. The zero-order valence-corrected chi connectivity index (χ0v) is 10.2. The van der Waals surface area contributed by atoms with Gasteiger partial charge in [0.2, 0.25) is 0 Å². The van der Waals surface area contributed by atoms with E-state index in [9.17, 15) is 0 Å². The maximum Gasteiger partial charge on any atom is 0.120 e. The van der Waals surface area contributed by atoms with E-state index in [2.05, 4.69) is 5.32 Å². The normalized spacial score (nSPS) is 14.6. The van der Waals surface area contributed by atoms with E-state index in [-0.39, 0.29) is 12.6 Å². The fourth-order valence-electron chi connectivity index (χ4n) is 1.59. The molecule has 0 aliphatic carbocycles. The fraction of sp³-hybridized carbons (Fsp3) is 0.455. The number of rotatable bonds is 5. The summed E-state index contributed by atoms with van der Waals surface area (Å²) in [6.07, 6.45) is 0. The largest absolute Gasteiger partial charge is 0.497 e. The molecule has 1 rings (SSSR count). The number of hydrogen-bond donors (Lipinski definition) is 3. The summed E-state index contributed by atoms with van der Waals surface area (Å²) in [4.78, 5) is 0. The number of benzene rings is 1. The minimum atomic E-state index is -0.393. The zero-order chi connectivity index (χ0) is 12.1. The number of aliphatic hydroxyl groups excluding tert-OH is 1. The third-order valence-corrected chi connectivity index (χ3v) is 2.82. The minimum absolute atomic E-state index is 0.103. The molecule has 16 heavy (non-hydrogen) atoms. The summed E-state index contributed by atoms with van der Waals surface area (Å²) in [5.74, 6) is 0.696. The summed E-state index contributed by atoms with van der Waals surface area (Å²) in [5, 5.41) is 12.7. The Balaban J connectivity index is 3.01. The van der Waals surface area contributed by atoms with Crippen molar-refractivity contribution in [1.29, 1.82) is 0 Å². The maximum absolute atomic E-state index is 9.06. The van der Waals surface area contributed by atoms with Crippen molar-refractivity contribution in [3.63, 3.8) is 0 Å². The van der Waals surface area contributed by atoms with Crippen LogP contribution in [0.25, 0.3) is 0 Å². The van der Waals surface area contributed by atoms with Crippen LogP contribution >= 0.6 is 11.6 Å². The predicted molar refractivity (Wildman–Crippen MR) is 64.9 cm³/mol. The number of methoxy groups -OCH3 is 1. The first-order valence-corrected chi connectivity index (χ1v) is 5.39. The van der Waals surface area contributed by atoms with Crippen LogP contribution in [0.2, 0.25) is 5.02 Å². The van der Waals surface area contributed by atoms with E-state index in [4.69, 9.17) is 27.2 Å². The first kappa shape index (κ1) is 13.3. The summed E-state index contributed by atoms with van der Waals surface area (Å²) in [6, 6.07) is 4.82. The first-order valence-electron chi connectivity index (χ1n) is 5.01. The Morgan fingerprint density at radius 2 is 2.25 bits per heavy atom. The number of nitrogens with one attached hydrogen (secondary N) is 1. The van der Waals surface area contributed by atoms with Crippen LogP contribution in [0.3, 0.4) is 0 Å². The number of nitrogens with two attached hydrogens (primary N) is 1. The minimum Gasteiger partial charge on any atom is -0.497 e. The van der Waals surface area contributed by atoms with Crippen molar-refractivity contribution < 1.29 is 9.84 Å². The van der Waals surface area contributed by atoms with Gasteiger partial charge in [0, 0.05) is 11.1 Å². The molecular formula is C11H17ClN2O2. The first-order chi connectivity index (χ1) is 7.63. The van der Waals surface area contributed by atoms with Gasteiger partial charge in [-0.1, -0.05) is 17.7 Å². The van der Waals surface area contributed by atoms with Crippen LogP contribution in [0.5, 0.6) is 5.75 Å². The quantitative estimate of drug-likeness (QED) is 0.721. The molecule has 0 radical (unpaired) electrons. The summed E-state index contributed by atoms with van der Waals surface area (Å²) in [7, 11) is 3.36. The van der Waals surface area contributed by atoms with Gasteiger partial charge < -0.3 is 20.9 Å². The molecule has 0 saturated carbocycles. The van der Waals surface area contributed by atoms with E-state index in [0.29, 0.717) is 10.8 Å². The van der Waals surface area contributed by atoms with Crippen LogP contribution in [-0.2, 0) is 0 Å². The van der Waals surface area contributed by atoms with Crippen LogP contribution in [-0.4, -0.2) is 31.9 Å². The molecule has 90 valence electrons.